The van der Waals surface area contributed by atoms with Crippen LogP contribution in [0.3, 0.4) is 0 Å². The number of sulfonamides is 1. The summed E-state index contributed by atoms with van der Waals surface area (Å²) in [5.74, 6) is -0.615. The van der Waals surface area contributed by atoms with Gasteiger partial charge in [0.05, 0.1) is 5.75 Å². The van der Waals surface area contributed by atoms with E-state index in [1.807, 2.05) is 31.2 Å². The number of aryl methyl sites for hydroxylation is 1. The first-order valence-corrected chi connectivity index (χ1v) is 11.0. The van der Waals surface area contributed by atoms with E-state index >= 15 is 0 Å². The molecule has 0 bridgehead atoms. The minimum Gasteiger partial charge on any atom is -0.352 e. The third-order valence-electron chi connectivity index (χ3n) is 5.03. The molecule has 2 aromatic carbocycles. The van der Waals surface area contributed by atoms with Crippen LogP contribution in [-0.4, -0.2) is 31.7 Å². The van der Waals surface area contributed by atoms with Crippen molar-refractivity contribution in [2.24, 2.45) is 5.92 Å². The number of rotatable bonds is 6. The molecular weight excluding hydrogens is 379 g/mol. The van der Waals surface area contributed by atoms with E-state index in [4.69, 9.17) is 0 Å². The normalized spacial score (nSPS) is 16.1. The molecule has 1 saturated heterocycles. The maximum atomic E-state index is 12.9. The average Bonchev–Trinajstić information content (AvgIpc) is 2.67. The Labute approximate surface area is 165 Å². The molecule has 1 heterocycles. The largest absolute Gasteiger partial charge is 0.352 e. The van der Waals surface area contributed by atoms with Crippen molar-refractivity contribution in [2.75, 3.05) is 13.1 Å². The molecule has 1 aliphatic rings. The van der Waals surface area contributed by atoms with Crippen LogP contribution in [0.1, 0.15) is 29.5 Å². The standard InChI is InChI=1S/C21H25FN2O3S/c1-16-3-2-4-18(13-16)15-28(26,27)24-11-9-19(10-12-24)21(25)23-14-17-5-7-20(22)8-6-17/h2-8,13,19H,9-12,14-15H2,1H3,(H,23,25). The summed E-state index contributed by atoms with van der Waals surface area (Å²) in [5, 5.41) is 2.86. The Morgan fingerprint density at radius 1 is 1.11 bits per heavy atom. The van der Waals surface area contributed by atoms with E-state index < -0.39 is 10.0 Å². The number of piperidine rings is 1. The van der Waals surface area contributed by atoms with E-state index in [-0.39, 0.29) is 23.4 Å². The van der Waals surface area contributed by atoms with E-state index in [1.165, 1.54) is 16.4 Å². The van der Waals surface area contributed by atoms with Crippen LogP contribution < -0.4 is 5.32 Å². The maximum absolute atomic E-state index is 12.9. The molecule has 0 saturated carbocycles. The fourth-order valence-corrected chi connectivity index (χ4v) is 4.99. The van der Waals surface area contributed by atoms with Gasteiger partial charge in [0.2, 0.25) is 15.9 Å². The van der Waals surface area contributed by atoms with E-state index in [0.29, 0.717) is 32.5 Å². The van der Waals surface area contributed by atoms with Crippen molar-refractivity contribution in [3.05, 3.63) is 71.0 Å². The highest BCUT2D eigenvalue weighted by Gasteiger charge is 2.31. The molecule has 0 aromatic heterocycles. The minimum absolute atomic E-state index is 0.0177. The number of nitrogens with one attached hydrogen (secondary N) is 1. The highest BCUT2D eigenvalue weighted by Crippen LogP contribution is 2.22. The summed E-state index contributed by atoms with van der Waals surface area (Å²) in [4.78, 5) is 12.4. The number of nitrogens with zero attached hydrogens (tertiary/aromatic N) is 1. The van der Waals surface area contributed by atoms with Crippen LogP contribution in [0.15, 0.2) is 48.5 Å². The summed E-state index contributed by atoms with van der Waals surface area (Å²) in [6, 6.07) is 13.5. The Morgan fingerprint density at radius 2 is 1.79 bits per heavy atom. The zero-order valence-corrected chi connectivity index (χ0v) is 16.7. The molecule has 5 nitrogen and oxygen atoms in total. The van der Waals surface area contributed by atoms with Crippen molar-refractivity contribution >= 4 is 15.9 Å². The third-order valence-corrected chi connectivity index (χ3v) is 6.88. The summed E-state index contributed by atoms with van der Waals surface area (Å²) in [5.41, 5.74) is 2.64. The van der Waals surface area contributed by atoms with Crippen LogP contribution in [0.5, 0.6) is 0 Å². The number of hydrogen-bond donors (Lipinski definition) is 1. The summed E-state index contributed by atoms with van der Waals surface area (Å²) in [6.45, 7) is 2.97. The molecule has 3 rings (SSSR count). The van der Waals surface area contributed by atoms with E-state index in [2.05, 4.69) is 5.32 Å². The topological polar surface area (TPSA) is 66.5 Å². The predicted molar refractivity (Wildman–Crippen MR) is 106 cm³/mol. The van der Waals surface area contributed by atoms with Gasteiger partial charge >= 0.3 is 0 Å². The number of hydrogen-bond acceptors (Lipinski definition) is 3. The Morgan fingerprint density at radius 3 is 2.43 bits per heavy atom. The van der Waals surface area contributed by atoms with Gasteiger partial charge in [-0.3, -0.25) is 4.79 Å². The molecule has 0 atom stereocenters. The van der Waals surface area contributed by atoms with Gasteiger partial charge in [-0.05, 0) is 43.0 Å². The molecule has 0 unspecified atom stereocenters. The highest BCUT2D eigenvalue weighted by atomic mass is 32.2. The van der Waals surface area contributed by atoms with Crippen molar-refractivity contribution in [1.29, 1.82) is 0 Å². The van der Waals surface area contributed by atoms with Crippen LogP contribution >= 0.6 is 0 Å². The average molecular weight is 405 g/mol. The molecule has 2 aromatic rings. The van der Waals surface area contributed by atoms with Crippen molar-refractivity contribution < 1.29 is 17.6 Å². The molecule has 1 aliphatic heterocycles. The van der Waals surface area contributed by atoms with Crippen molar-refractivity contribution in [3.63, 3.8) is 0 Å². The van der Waals surface area contributed by atoms with E-state index in [0.717, 1.165) is 16.7 Å². The summed E-state index contributed by atoms with van der Waals surface area (Å²) < 4.78 is 39.8. The zero-order valence-electron chi connectivity index (χ0n) is 15.9. The van der Waals surface area contributed by atoms with Crippen LogP contribution in [0.25, 0.3) is 0 Å². The number of carbonyl (C=O) groups is 1. The van der Waals surface area contributed by atoms with Gasteiger partial charge in [0.25, 0.3) is 0 Å². The molecule has 0 aliphatic carbocycles. The van der Waals surface area contributed by atoms with Gasteiger partial charge < -0.3 is 5.32 Å². The van der Waals surface area contributed by atoms with Crippen LogP contribution in [-0.2, 0) is 27.1 Å². The first-order valence-electron chi connectivity index (χ1n) is 9.39. The van der Waals surface area contributed by atoms with Crippen LogP contribution in [0.2, 0.25) is 0 Å². The number of benzene rings is 2. The fourth-order valence-electron chi connectivity index (χ4n) is 3.44. The van der Waals surface area contributed by atoms with Crippen molar-refractivity contribution in [3.8, 4) is 0 Å². The lowest BCUT2D eigenvalue weighted by Crippen LogP contribution is -2.43. The number of amides is 1. The van der Waals surface area contributed by atoms with Gasteiger partial charge in [0.1, 0.15) is 5.82 Å². The molecule has 150 valence electrons. The smallest absolute Gasteiger partial charge is 0.223 e. The summed E-state index contributed by atoms with van der Waals surface area (Å²) in [7, 11) is -3.40. The summed E-state index contributed by atoms with van der Waals surface area (Å²) >= 11 is 0. The number of carbonyl (C=O) groups excluding carboxylic acids is 1. The lowest BCUT2D eigenvalue weighted by molar-refractivity contribution is -0.126. The molecule has 1 fully saturated rings. The molecule has 0 radical (unpaired) electrons. The van der Waals surface area contributed by atoms with E-state index in [9.17, 15) is 17.6 Å². The second-order valence-corrected chi connectivity index (χ2v) is 9.23. The molecule has 0 spiro atoms. The Balaban J connectivity index is 1.50. The second kappa shape index (κ2) is 8.84. The summed E-state index contributed by atoms with van der Waals surface area (Å²) in [6.07, 6.45) is 1.00. The zero-order chi connectivity index (χ0) is 20.1. The van der Waals surface area contributed by atoms with Crippen molar-refractivity contribution in [1.82, 2.24) is 9.62 Å². The first kappa shape index (κ1) is 20.5. The lowest BCUT2D eigenvalue weighted by Gasteiger charge is -2.30. The molecule has 1 N–H and O–H groups in total. The molecule has 1 amide bonds. The van der Waals surface area contributed by atoms with Gasteiger partial charge in [-0.15, -0.1) is 0 Å². The molecule has 7 heteroatoms. The van der Waals surface area contributed by atoms with Crippen molar-refractivity contribution in [2.45, 2.75) is 32.1 Å². The molecule has 28 heavy (non-hydrogen) atoms. The first-order chi connectivity index (χ1) is 13.3. The lowest BCUT2D eigenvalue weighted by atomic mass is 9.97. The third kappa shape index (κ3) is 5.39. The number of halogens is 1. The van der Waals surface area contributed by atoms with E-state index in [1.54, 1.807) is 12.1 Å². The maximum Gasteiger partial charge on any atom is 0.223 e. The monoisotopic (exact) mass is 404 g/mol. The van der Waals surface area contributed by atoms with Gasteiger partial charge in [-0.25, -0.2) is 17.1 Å². The predicted octanol–water partition coefficient (Wildman–Crippen LogP) is 2.99. The highest BCUT2D eigenvalue weighted by molar-refractivity contribution is 7.88. The second-order valence-electron chi connectivity index (χ2n) is 7.26. The Hall–Kier alpha value is -2.25. The van der Waals surface area contributed by atoms with Gasteiger partial charge in [-0.1, -0.05) is 42.0 Å². The SMILES string of the molecule is Cc1cccc(CS(=O)(=O)N2CCC(C(=O)NCc3ccc(F)cc3)CC2)c1. The minimum atomic E-state index is -3.40. The fraction of sp³-hybridized carbons (Fsp3) is 0.381. The Bertz CT molecular complexity index is 921. The van der Waals surface area contributed by atoms with Crippen LogP contribution in [0, 0.1) is 18.7 Å². The molecular formula is C21H25FN2O3S. The van der Waals surface area contributed by atoms with Gasteiger partial charge in [-0.2, -0.15) is 0 Å². The van der Waals surface area contributed by atoms with Crippen LogP contribution in [0.4, 0.5) is 4.39 Å². The quantitative estimate of drug-likeness (QED) is 0.805. The van der Waals surface area contributed by atoms with Gasteiger partial charge in [0, 0.05) is 25.6 Å². The van der Waals surface area contributed by atoms with Gasteiger partial charge in [0.15, 0.2) is 0 Å². The Kier molecular flexibility index (Phi) is 6.46.